The van der Waals surface area contributed by atoms with Crippen LogP contribution in [-0.2, 0) is 0 Å². The van der Waals surface area contributed by atoms with Gasteiger partial charge in [0.15, 0.2) is 0 Å². The molecule has 1 heteroatoms. The third kappa shape index (κ3) is 5.85. The van der Waals surface area contributed by atoms with E-state index in [-0.39, 0.29) is 0 Å². The van der Waals surface area contributed by atoms with Gasteiger partial charge in [0.1, 0.15) is 0 Å². The zero-order valence-electron chi connectivity index (χ0n) is 23.1. The van der Waals surface area contributed by atoms with Crippen molar-refractivity contribution in [3.8, 4) is 11.8 Å². The van der Waals surface area contributed by atoms with E-state index in [2.05, 4.69) is 58.3 Å². The summed E-state index contributed by atoms with van der Waals surface area (Å²) in [6, 6.07) is 0.759. The minimum atomic E-state index is 0.548. The lowest BCUT2D eigenvalue weighted by molar-refractivity contribution is -0.150. The molecule has 5 fully saturated rings. The molecule has 0 amide bonds. The van der Waals surface area contributed by atoms with Crippen LogP contribution in [0.25, 0.3) is 0 Å². The highest BCUT2D eigenvalue weighted by Crippen LogP contribution is 2.69. The summed E-state index contributed by atoms with van der Waals surface area (Å²) >= 11 is 0. The molecule has 5 aliphatic rings. The fraction of sp³-hybridized carbons (Fsp3) is 0.938. The van der Waals surface area contributed by atoms with Crippen molar-refractivity contribution < 1.29 is 0 Å². The number of nitrogens with zero attached hydrogens (tertiary/aromatic N) is 1. The van der Waals surface area contributed by atoms with Crippen molar-refractivity contribution in [1.82, 2.24) is 4.90 Å². The third-order valence-corrected chi connectivity index (χ3v) is 10.8. The van der Waals surface area contributed by atoms with Gasteiger partial charge in [-0.3, -0.25) is 0 Å². The van der Waals surface area contributed by atoms with Crippen molar-refractivity contribution in [1.29, 1.82) is 0 Å². The van der Waals surface area contributed by atoms with Gasteiger partial charge in [0.25, 0.3) is 0 Å². The maximum atomic E-state index is 3.47. The molecular formula is C32H55N. The SMILES string of the molecule is CCC1CC2(C1)CC1(CCN(C(C)C)CC1)C2.CCC1CCC2(CC1)CC(C#CC(C)C)C2. The minimum absolute atomic E-state index is 0.548. The Kier molecular flexibility index (Phi) is 7.95. The summed E-state index contributed by atoms with van der Waals surface area (Å²) in [6.07, 6.45) is 20.9. The summed E-state index contributed by atoms with van der Waals surface area (Å²) in [5.41, 5.74) is 2.38. The van der Waals surface area contributed by atoms with Gasteiger partial charge in [-0.15, -0.1) is 5.92 Å². The highest BCUT2D eigenvalue weighted by Gasteiger charge is 2.59. The van der Waals surface area contributed by atoms with Crippen LogP contribution < -0.4 is 0 Å². The van der Waals surface area contributed by atoms with E-state index < -0.39 is 0 Å². The van der Waals surface area contributed by atoms with Gasteiger partial charge in [0.2, 0.25) is 0 Å². The maximum absolute atomic E-state index is 3.47. The van der Waals surface area contributed by atoms with E-state index in [0.29, 0.717) is 5.92 Å². The van der Waals surface area contributed by atoms with E-state index in [1.807, 2.05) is 0 Å². The topological polar surface area (TPSA) is 3.24 Å². The Bertz CT molecular complexity index is 666. The Morgan fingerprint density at radius 2 is 1.30 bits per heavy atom. The molecule has 0 radical (unpaired) electrons. The predicted octanol–water partition coefficient (Wildman–Crippen LogP) is 8.72. The first-order valence-corrected chi connectivity index (χ1v) is 15.0. The van der Waals surface area contributed by atoms with E-state index in [0.717, 1.165) is 40.0 Å². The monoisotopic (exact) mass is 453 g/mol. The van der Waals surface area contributed by atoms with E-state index >= 15 is 0 Å². The molecule has 0 aromatic rings. The first-order valence-electron chi connectivity index (χ1n) is 15.0. The first kappa shape index (κ1) is 25.6. The molecule has 0 unspecified atom stereocenters. The van der Waals surface area contributed by atoms with Crippen molar-refractivity contribution in [3.63, 3.8) is 0 Å². The molecule has 5 rings (SSSR count). The second-order valence-corrected chi connectivity index (χ2v) is 14.1. The smallest absolute Gasteiger partial charge is 0.0213 e. The molecule has 188 valence electrons. The van der Waals surface area contributed by atoms with Crippen LogP contribution in [0.4, 0.5) is 0 Å². The van der Waals surface area contributed by atoms with E-state index in [9.17, 15) is 0 Å². The summed E-state index contributed by atoms with van der Waals surface area (Å²) in [5.74, 6) is 10.2. The van der Waals surface area contributed by atoms with Crippen molar-refractivity contribution in [2.45, 2.75) is 137 Å². The molecule has 0 N–H and O–H groups in total. The largest absolute Gasteiger partial charge is 0.301 e. The number of hydrogen-bond donors (Lipinski definition) is 0. The lowest BCUT2D eigenvalue weighted by atomic mass is 9.41. The predicted molar refractivity (Wildman–Crippen MR) is 143 cm³/mol. The summed E-state index contributed by atoms with van der Waals surface area (Å²) in [6.45, 7) is 16.5. The van der Waals surface area contributed by atoms with Gasteiger partial charge < -0.3 is 4.90 Å². The van der Waals surface area contributed by atoms with Crippen LogP contribution in [0.1, 0.15) is 131 Å². The minimum Gasteiger partial charge on any atom is -0.301 e. The van der Waals surface area contributed by atoms with Crippen LogP contribution in [0.3, 0.4) is 0 Å². The van der Waals surface area contributed by atoms with Crippen LogP contribution in [0.5, 0.6) is 0 Å². The van der Waals surface area contributed by atoms with Crippen LogP contribution in [0.15, 0.2) is 0 Å². The van der Waals surface area contributed by atoms with Crippen LogP contribution in [-0.4, -0.2) is 24.0 Å². The fourth-order valence-electron chi connectivity index (χ4n) is 8.63. The van der Waals surface area contributed by atoms with Gasteiger partial charge in [-0.1, -0.05) is 46.5 Å². The molecule has 4 saturated carbocycles. The average Bonchev–Trinajstić information content (AvgIpc) is 2.73. The van der Waals surface area contributed by atoms with Crippen LogP contribution >= 0.6 is 0 Å². The number of piperidine rings is 1. The van der Waals surface area contributed by atoms with Crippen LogP contribution in [0, 0.1) is 51.8 Å². The molecule has 0 bridgehead atoms. The van der Waals surface area contributed by atoms with Gasteiger partial charge in [-0.25, -0.2) is 0 Å². The average molecular weight is 454 g/mol. The van der Waals surface area contributed by atoms with Crippen molar-refractivity contribution >= 4 is 0 Å². The number of rotatable bonds is 3. The van der Waals surface area contributed by atoms with Crippen molar-refractivity contribution in [2.24, 2.45) is 39.9 Å². The Hall–Kier alpha value is -0.480. The zero-order chi connectivity index (χ0) is 23.7. The number of hydrogen-bond acceptors (Lipinski definition) is 1. The second kappa shape index (κ2) is 10.2. The normalized spacial score (nSPS) is 34.8. The third-order valence-electron chi connectivity index (χ3n) is 10.8. The molecule has 0 aromatic carbocycles. The standard InChI is InChI=1S/C16H29N.C16H26/c1-4-14-9-16(10-14)11-15(12-16)5-7-17(8-6-15)13(2)3;1-4-14-7-9-16(10-8-14)11-15(12-16)6-5-13(2)3/h13-14H,4-12H2,1-3H3;13-15H,4,7-12H2,1-3H3. The van der Waals surface area contributed by atoms with Gasteiger partial charge in [-0.2, -0.15) is 0 Å². The van der Waals surface area contributed by atoms with E-state index in [1.54, 1.807) is 25.7 Å². The molecule has 0 aromatic heterocycles. The van der Waals surface area contributed by atoms with Crippen LogP contribution in [0.2, 0.25) is 0 Å². The zero-order valence-corrected chi connectivity index (χ0v) is 23.1. The Balaban J connectivity index is 0.000000157. The van der Waals surface area contributed by atoms with Crippen molar-refractivity contribution in [2.75, 3.05) is 13.1 Å². The van der Waals surface area contributed by atoms with Gasteiger partial charge >= 0.3 is 0 Å². The maximum Gasteiger partial charge on any atom is 0.0213 e. The molecule has 4 aliphatic carbocycles. The lowest BCUT2D eigenvalue weighted by Crippen LogP contribution is -2.57. The summed E-state index contributed by atoms with van der Waals surface area (Å²) < 4.78 is 0. The molecule has 0 atom stereocenters. The van der Waals surface area contributed by atoms with E-state index in [4.69, 9.17) is 0 Å². The molecule has 1 heterocycles. The lowest BCUT2D eigenvalue weighted by Gasteiger charge is -2.66. The second-order valence-electron chi connectivity index (χ2n) is 14.1. The molecule has 1 saturated heterocycles. The first-order chi connectivity index (χ1) is 15.7. The summed E-state index contributed by atoms with van der Waals surface area (Å²) in [5, 5.41) is 0. The molecule has 1 aliphatic heterocycles. The highest BCUT2D eigenvalue weighted by atomic mass is 15.2. The highest BCUT2D eigenvalue weighted by molar-refractivity contribution is 5.13. The quantitative estimate of drug-likeness (QED) is 0.386. The van der Waals surface area contributed by atoms with Gasteiger partial charge in [-0.05, 0) is 132 Å². The molecular weight excluding hydrogens is 398 g/mol. The van der Waals surface area contributed by atoms with Gasteiger partial charge in [0, 0.05) is 17.9 Å². The fourth-order valence-corrected chi connectivity index (χ4v) is 8.63. The number of likely N-dealkylation sites (tertiary alicyclic amines) is 1. The molecule has 1 nitrogen and oxygen atoms in total. The summed E-state index contributed by atoms with van der Waals surface area (Å²) in [7, 11) is 0. The van der Waals surface area contributed by atoms with Gasteiger partial charge in [0.05, 0.1) is 0 Å². The molecule has 33 heavy (non-hydrogen) atoms. The Morgan fingerprint density at radius 3 is 1.79 bits per heavy atom. The van der Waals surface area contributed by atoms with Crippen molar-refractivity contribution in [3.05, 3.63) is 0 Å². The Morgan fingerprint density at radius 1 is 0.727 bits per heavy atom. The van der Waals surface area contributed by atoms with E-state index in [1.165, 1.54) is 77.3 Å². The summed E-state index contributed by atoms with van der Waals surface area (Å²) in [4.78, 5) is 2.67. The molecule has 3 spiro atoms. The Labute approximate surface area is 207 Å².